The molecule has 1 saturated heterocycles. The number of hydrogen-bond acceptors (Lipinski definition) is 3. The largest absolute Gasteiger partial charge is 0.306 e. The Morgan fingerprint density at radius 1 is 1.75 bits per heavy atom. The number of carbonyl (C=O) groups excluding carboxylic acids is 2. The molecule has 1 heterocycles. The highest BCUT2D eigenvalue weighted by molar-refractivity contribution is 6.28. The number of rotatable bonds is 2. The molecule has 0 aromatic rings. The Bertz CT molecular complexity index is 249. The van der Waals surface area contributed by atoms with Crippen molar-refractivity contribution in [2.45, 2.75) is 18.9 Å². The zero-order valence-corrected chi connectivity index (χ0v) is 7.15. The van der Waals surface area contributed by atoms with Crippen molar-refractivity contribution in [3.63, 3.8) is 0 Å². The van der Waals surface area contributed by atoms with Crippen molar-refractivity contribution in [1.29, 1.82) is 0 Å². The molecular weight excluding hydrogens is 180 g/mol. The minimum absolute atomic E-state index is 0.405. The molecule has 2 N–H and O–H groups in total. The van der Waals surface area contributed by atoms with Gasteiger partial charge < -0.3 is 5.32 Å². The molecule has 2 amide bonds. The molecule has 1 aliphatic rings. The minimum atomic E-state index is -2.53. The molecule has 0 spiro atoms. The summed E-state index contributed by atoms with van der Waals surface area (Å²) in [5, 5.41) is 4.80. The average Bonchev–Trinajstić information content (AvgIpc) is 2.53. The highest BCUT2D eigenvalue weighted by atomic mass is 35.5. The Morgan fingerprint density at radius 3 is 3.00 bits per heavy atom. The van der Waals surface area contributed by atoms with Crippen molar-refractivity contribution in [3.05, 3.63) is 0 Å². The first-order chi connectivity index (χ1) is 6.41. The lowest BCUT2D eigenvalue weighted by molar-refractivity contribution is -0.130. The summed E-state index contributed by atoms with van der Waals surface area (Å²) in [6.45, 7) is 0.736. The van der Waals surface area contributed by atoms with Crippen LogP contribution in [0.2, 0.25) is 0 Å². The summed E-state index contributed by atoms with van der Waals surface area (Å²) in [6, 6.07) is -0.405. The fourth-order valence-electron chi connectivity index (χ4n) is 1.13. The molecule has 0 aromatic carbocycles. The first-order valence-electron chi connectivity index (χ1n) is 4.69. The SMILES string of the molecule is [2H]C([2H])(Cl)C(=O)NC(=O)[C@@H]1CCCN1. The quantitative estimate of drug-likeness (QED) is 0.587. The van der Waals surface area contributed by atoms with Crippen molar-refractivity contribution in [2.24, 2.45) is 0 Å². The second-order valence-electron chi connectivity index (χ2n) is 2.56. The van der Waals surface area contributed by atoms with Crippen LogP contribution in [0, 0.1) is 0 Å². The summed E-state index contributed by atoms with van der Waals surface area (Å²) < 4.78 is 13.7. The lowest BCUT2D eigenvalue weighted by Gasteiger charge is -2.08. The van der Waals surface area contributed by atoms with Crippen LogP contribution < -0.4 is 10.6 Å². The molecule has 12 heavy (non-hydrogen) atoms. The second-order valence-corrected chi connectivity index (χ2v) is 2.75. The number of carbonyl (C=O) groups is 2. The third-order valence-corrected chi connectivity index (χ3v) is 1.87. The molecule has 0 unspecified atom stereocenters. The van der Waals surface area contributed by atoms with Gasteiger partial charge in [0.05, 0.1) is 8.78 Å². The van der Waals surface area contributed by atoms with Gasteiger partial charge in [0.25, 0.3) is 0 Å². The fraction of sp³-hybridized carbons (Fsp3) is 0.714. The topological polar surface area (TPSA) is 58.2 Å². The van der Waals surface area contributed by atoms with Crippen LogP contribution in [-0.4, -0.2) is 30.2 Å². The van der Waals surface area contributed by atoms with Crippen LogP contribution in [0.25, 0.3) is 0 Å². The van der Waals surface area contributed by atoms with E-state index in [1.54, 1.807) is 0 Å². The molecule has 1 aliphatic heterocycles. The van der Waals surface area contributed by atoms with E-state index in [2.05, 4.69) is 5.32 Å². The Kier molecular flexibility index (Phi) is 2.53. The molecule has 1 atom stereocenters. The van der Waals surface area contributed by atoms with Crippen molar-refractivity contribution in [1.82, 2.24) is 10.6 Å². The number of hydrogen-bond donors (Lipinski definition) is 2. The third-order valence-electron chi connectivity index (χ3n) is 1.70. The maximum atomic E-state index is 11.3. The third kappa shape index (κ3) is 2.46. The van der Waals surface area contributed by atoms with Crippen LogP contribution in [-0.2, 0) is 9.59 Å². The number of halogens is 1. The molecule has 1 rings (SSSR count). The lowest BCUT2D eigenvalue weighted by atomic mass is 10.2. The van der Waals surface area contributed by atoms with E-state index in [9.17, 15) is 9.59 Å². The van der Waals surface area contributed by atoms with Crippen LogP contribution in [0.3, 0.4) is 0 Å². The van der Waals surface area contributed by atoms with E-state index in [1.165, 1.54) is 0 Å². The van der Waals surface area contributed by atoms with E-state index in [1.807, 2.05) is 5.32 Å². The number of imide groups is 1. The monoisotopic (exact) mass is 192 g/mol. The zero-order chi connectivity index (χ0) is 10.8. The van der Waals surface area contributed by atoms with Crippen molar-refractivity contribution >= 4 is 23.4 Å². The zero-order valence-electron chi connectivity index (χ0n) is 8.39. The molecule has 0 saturated carbocycles. The van der Waals surface area contributed by atoms with E-state index < -0.39 is 23.7 Å². The molecule has 0 aromatic heterocycles. The molecule has 0 aliphatic carbocycles. The van der Waals surface area contributed by atoms with Crippen molar-refractivity contribution in [3.8, 4) is 0 Å². The predicted octanol–water partition coefficient (Wildman–Crippen LogP) is -0.380. The van der Waals surface area contributed by atoms with Crippen LogP contribution in [0.5, 0.6) is 0 Å². The van der Waals surface area contributed by atoms with Crippen LogP contribution in [0.15, 0.2) is 0 Å². The van der Waals surface area contributed by atoms with Gasteiger partial charge in [-0.15, -0.1) is 11.6 Å². The van der Waals surface area contributed by atoms with E-state index >= 15 is 0 Å². The molecule has 68 valence electrons. The summed E-state index contributed by atoms with van der Waals surface area (Å²) in [4.78, 5) is 22.2. The summed E-state index contributed by atoms with van der Waals surface area (Å²) in [7, 11) is 0. The van der Waals surface area contributed by atoms with Crippen LogP contribution >= 0.6 is 11.6 Å². The molecule has 5 heteroatoms. The number of nitrogens with one attached hydrogen (secondary N) is 2. The summed E-state index contributed by atoms with van der Waals surface area (Å²) in [6.07, 6.45) is 1.53. The predicted molar refractivity (Wildman–Crippen MR) is 44.9 cm³/mol. The molecule has 0 bridgehead atoms. The van der Waals surface area contributed by atoms with Gasteiger partial charge in [0.15, 0.2) is 0 Å². The summed E-state index contributed by atoms with van der Waals surface area (Å²) >= 11 is 5.08. The Labute approximate surface area is 78.5 Å². The Hall–Kier alpha value is -0.610. The standard InChI is InChI=1S/C7H11ClN2O2/c8-4-6(11)10-7(12)5-2-1-3-9-5/h5,9H,1-4H2,(H,10,11,12)/t5-/m0/s1/i4D2. The van der Waals surface area contributed by atoms with Crippen molar-refractivity contribution in [2.75, 3.05) is 12.4 Å². The van der Waals surface area contributed by atoms with Crippen LogP contribution in [0.1, 0.15) is 15.6 Å². The van der Waals surface area contributed by atoms with E-state index in [-0.39, 0.29) is 0 Å². The lowest BCUT2D eigenvalue weighted by Crippen LogP contribution is -2.43. The van der Waals surface area contributed by atoms with E-state index in [0.717, 1.165) is 13.0 Å². The Balaban J connectivity index is 2.44. The minimum Gasteiger partial charge on any atom is -0.306 e. The van der Waals surface area contributed by atoms with Gasteiger partial charge in [-0.2, -0.15) is 0 Å². The molecular formula is C7H11ClN2O2. The van der Waals surface area contributed by atoms with Crippen LogP contribution in [0.4, 0.5) is 0 Å². The maximum Gasteiger partial charge on any atom is 0.243 e. The highest BCUT2D eigenvalue weighted by Crippen LogP contribution is 2.04. The van der Waals surface area contributed by atoms with Gasteiger partial charge >= 0.3 is 0 Å². The van der Waals surface area contributed by atoms with E-state index in [0.29, 0.717) is 6.42 Å². The molecule has 0 radical (unpaired) electrons. The molecule has 1 fully saturated rings. The second kappa shape index (κ2) is 4.42. The number of amides is 2. The first-order valence-corrected chi connectivity index (χ1v) is 4.06. The highest BCUT2D eigenvalue weighted by Gasteiger charge is 2.22. The van der Waals surface area contributed by atoms with Gasteiger partial charge in [0.1, 0.15) is 5.83 Å². The first kappa shape index (κ1) is 6.86. The molecule has 4 nitrogen and oxygen atoms in total. The van der Waals surface area contributed by atoms with Gasteiger partial charge in [-0.3, -0.25) is 14.9 Å². The van der Waals surface area contributed by atoms with Crippen molar-refractivity contribution < 1.29 is 12.3 Å². The smallest absolute Gasteiger partial charge is 0.243 e. The van der Waals surface area contributed by atoms with Gasteiger partial charge in [-0.25, -0.2) is 0 Å². The summed E-state index contributed by atoms with van der Waals surface area (Å²) in [5.74, 6) is -4.16. The average molecular weight is 193 g/mol. The van der Waals surface area contributed by atoms with Gasteiger partial charge in [0, 0.05) is 0 Å². The van der Waals surface area contributed by atoms with Gasteiger partial charge in [-0.05, 0) is 19.4 Å². The summed E-state index contributed by atoms with van der Waals surface area (Å²) in [5.41, 5.74) is 0. The van der Waals surface area contributed by atoms with E-state index in [4.69, 9.17) is 14.3 Å². The van der Waals surface area contributed by atoms with Gasteiger partial charge in [-0.1, -0.05) is 0 Å². The fourth-order valence-corrected chi connectivity index (χ4v) is 1.18. The normalized spacial score (nSPS) is 25.9. The maximum absolute atomic E-state index is 11.3. The Morgan fingerprint density at radius 2 is 2.50 bits per heavy atom. The number of alkyl halides is 1. The van der Waals surface area contributed by atoms with Gasteiger partial charge in [0.2, 0.25) is 11.8 Å².